The van der Waals surface area contributed by atoms with Crippen LogP contribution in [0.2, 0.25) is 0 Å². The summed E-state index contributed by atoms with van der Waals surface area (Å²) in [5, 5.41) is 0. The Hall–Kier alpha value is -1.26. The fraction of sp³-hybridized carbons (Fsp3) is 0.444. The highest BCUT2D eigenvalue weighted by molar-refractivity contribution is 5.67. The van der Waals surface area contributed by atoms with Gasteiger partial charge in [-0.25, -0.2) is 0 Å². The Morgan fingerprint density at radius 1 is 1.50 bits per heavy atom. The average molecular weight is 208 g/mol. The van der Waals surface area contributed by atoms with Crippen molar-refractivity contribution in [2.75, 3.05) is 0 Å². The van der Waals surface area contributed by atoms with Crippen molar-refractivity contribution in [1.29, 1.82) is 0 Å². The van der Waals surface area contributed by atoms with Crippen LogP contribution in [0.3, 0.4) is 0 Å². The summed E-state index contributed by atoms with van der Waals surface area (Å²) in [7, 11) is 0. The summed E-state index contributed by atoms with van der Waals surface area (Å²) in [6, 6.07) is 0. The van der Waals surface area contributed by atoms with Gasteiger partial charge < -0.3 is 4.74 Å². The molecule has 0 fully saturated rings. The van der Waals surface area contributed by atoms with Crippen molar-refractivity contribution >= 4 is 5.97 Å². The first kappa shape index (κ1) is 12.7. The zero-order valence-electron chi connectivity index (χ0n) is 7.94. The molecule has 0 atom stereocenters. The SMILES string of the molecule is C=C(/C=C(/CC)C(F)(F)F)OC(C)=O. The van der Waals surface area contributed by atoms with Gasteiger partial charge in [-0.1, -0.05) is 13.5 Å². The maximum Gasteiger partial charge on any atom is 0.412 e. The van der Waals surface area contributed by atoms with E-state index in [9.17, 15) is 18.0 Å². The van der Waals surface area contributed by atoms with E-state index in [1.165, 1.54) is 6.92 Å². The summed E-state index contributed by atoms with van der Waals surface area (Å²) in [5.41, 5.74) is -0.774. The Balaban J connectivity index is 4.61. The first-order chi connectivity index (χ1) is 6.27. The highest BCUT2D eigenvalue weighted by Crippen LogP contribution is 2.28. The van der Waals surface area contributed by atoms with Crippen LogP contribution in [-0.4, -0.2) is 12.1 Å². The molecule has 0 aromatic rings. The summed E-state index contributed by atoms with van der Waals surface area (Å²) >= 11 is 0. The van der Waals surface area contributed by atoms with Gasteiger partial charge in [-0.15, -0.1) is 0 Å². The largest absolute Gasteiger partial charge is 0.427 e. The maximum atomic E-state index is 12.2. The third-order valence-electron chi connectivity index (χ3n) is 1.36. The minimum absolute atomic E-state index is 0.191. The lowest BCUT2D eigenvalue weighted by Gasteiger charge is -2.09. The number of carbonyl (C=O) groups excluding carboxylic acids is 1. The third-order valence-corrected chi connectivity index (χ3v) is 1.36. The molecule has 0 aliphatic rings. The van der Waals surface area contributed by atoms with Crippen molar-refractivity contribution in [3.8, 4) is 0 Å². The summed E-state index contributed by atoms with van der Waals surface area (Å²) in [6.07, 6.45) is -3.87. The van der Waals surface area contributed by atoms with Gasteiger partial charge in [0, 0.05) is 12.5 Å². The molecule has 0 aliphatic heterocycles. The minimum Gasteiger partial charge on any atom is -0.427 e. The van der Waals surface area contributed by atoms with Crippen LogP contribution in [0.1, 0.15) is 20.3 Å². The molecule has 80 valence electrons. The molecule has 0 unspecified atom stereocenters. The normalized spacial score (nSPS) is 12.5. The molecular weight excluding hydrogens is 197 g/mol. The van der Waals surface area contributed by atoms with Crippen LogP contribution in [0.15, 0.2) is 24.0 Å². The van der Waals surface area contributed by atoms with E-state index in [0.29, 0.717) is 0 Å². The van der Waals surface area contributed by atoms with Gasteiger partial charge in [-0.05, 0) is 12.5 Å². The molecule has 0 heterocycles. The number of hydrogen-bond donors (Lipinski definition) is 0. The topological polar surface area (TPSA) is 26.3 Å². The molecule has 14 heavy (non-hydrogen) atoms. The van der Waals surface area contributed by atoms with E-state index in [4.69, 9.17) is 0 Å². The molecule has 0 amide bonds. The Morgan fingerprint density at radius 3 is 2.29 bits per heavy atom. The second-order valence-electron chi connectivity index (χ2n) is 2.58. The Morgan fingerprint density at radius 2 is 2.00 bits per heavy atom. The van der Waals surface area contributed by atoms with Gasteiger partial charge in [0.05, 0.1) is 0 Å². The lowest BCUT2D eigenvalue weighted by molar-refractivity contribution is -0.136. The van der Waals surface area contributed by atoms with Crippen LogP contribution in [0.25, 0.3) is 0 Å². The monoisotopic (exact) mass is 208 g/mol. The van der Waals surface area contributed by atoms with Gasteiger partial charge >= 0.3 is 12.1 Å². The van der Waals surface area contributed by atoms with Crippen molar-refractivity contribution in [3.63, 3.8) is 0 Å². The van der Waals surface area contributed by atoms with Crippen LogP contribution in [-0.2, 0) is 9.53 Å². The fourth-order valence-electron chi connectivity index (χ4n) is 0.793. The van der Waals surface area contributed by atoms with Crippen LogP contribution in [0, 0.1) is 0 Å². The second-order valence-corrected chi connectivity index (χ2v) is 2.58. The van der Waals surface area contributed by atoms with Gasteiger partial charge in [0.25, 0.3) is 0 Å². The molecule has 0 spiro atoms. The minimum atomic E-state index is -4.40. The van der Waals surface area contributed by atoms with Crippen LogP contribution >= 0.6 is 0 Å². The lowest BCUT2D eigenvalue weighted by atomic mass is 10.2. The molecular formula is C9H11F3O2. The number of alkyl halides is 3. The molecule has 5 heteroatoms. The predicted octanol–water partition coefficient (Wildman–Crippen LogP) is 2.96. The van der Waals surface area contributed by atoms with E-state index in [2.05, 4.69) is 11.3 Å². The molecule has 0 bridgehead atoms. The van der Waals surface area contributed by atoms with Crippen molar-refractivity contribution in [3.05, 3.63) is 24.0 Å². The Kier molecular flexibility index (Phi) is 4.40. The summed E-state index contributed by atoms with van der Waals surface area (Å²) in [6.45, 7) is 5.63. The molecule has 0 aliphatic carbocycles. The highest BCUT2D eigenvalue weighted by Gasteiger charge is 2.32. The molecule has 2 nitrogen and oxygen atoms in total. The summed E-state index contributed by atoms with van der Waals surface area (Å²) in [4.78, 5) is 10.4. The molecule has 0 N–H and O–H groups in total. The van der Waals surface area contributed by atoms with Crippen molar-refractivity contribution < 1.29 is 22.7 Å². The molecule has 0 saturated heterocycles. The number of esters is 1. The maximum absolute atomic E-state index is 12.2. The predicted molar refractivity (Wildman–Crippen MR) is 45.3 cm³/mol. The molecule has 0 radical (unpaired) electrons. The zero-order chi connectivity index (χ0) is 11.4. The van der Waals surface area contributed by atoms with E-state index in [1.54, 1.807) is 0 Å². The molecule has 0 aromatic heterocycles. The van der Waals surface area contributed by atoms with E-state index < -0.39 is 17.7 Å². The smallest absolute Gasteiger partial charge is 0.412 e. The number of rotatable bonds is 3. The Labute approximate surface area is 80.1 Å². The third kappa shape index (κ3) is 4.69. The van der Waals surface area contributed by atoms with Crippen molar-refractivity contribution in [2.45, 2.75) is 26.4 Å². The molecule has 0 aromatic carbocycles. The van der Waals surface area contributed by atoms with Crippen molar-refractivity contribution in [1.82, 2.24) is 0 Å². The van der Waals surface area contributed by atoms with Crippen LogP contribution in [0.4, 0.5) is 13.2 Å². The number of hydrogen-bond acceptors (Lipinski definition) is 2. The van der Waals surface area contributed by atoms with Gasteiger partial charge in [-0.2, -0.15) is 13.2 Å². The van der Waals surface area contributed by atoms with Crippen molar-refractivity contribution in [2.24, 2.45) is 0 Å². The molecule has 0 rings (SSSR count). The lowest BCUT2D eigenvalue weighted by Crippen LogP contribution is -2.11. The standard InChI is InChI=1S/C9H11F3O2/c1-4-8(9(10,11)12)5-6(2)14-7(3)13/h5H,2,4H2,1,3H3/b8-5-. The first-order valence-corrected chi connectivity index (χ1v) is 3.92. The van der Waals surface area contributed by atoms with Gasteiger partial charge in [-0.3, -0.25) is 4.79 Å². The Bertz CT molecular complexity index is 264. The highest BCUT2D eigenvalue weighted by atomic mass is 19.4. The number of halogens is 3. The average Bonchev–Trinajstić information content (AvgIpc) is 1.96. The van der Waals surface area contributed by atoms with E-state index >= 15 is 0 Å². The van der Waals surface area contributed by atoms with E-state index in [1.807, 2.05) is 0 Å². The number of carbonyl (C=O) groups is 1. The van der Waals surface area contributed by atoms with E-state index in [0.717, 1.165) is 13.0 Å². The van der Waals surface area contributed by atoms with Gasteiger partial charge in [0.1, 0.15) is 5.76 Å². The van der Waals surface area contributed by atoms with Gasteiger partial charge in [0.2, 0.25) is 0 Å². The quantitative estimate of drug-likeness (QED) is 0.405. The zero-order valence-corrected chi connectivity index (χ0v) is 7.94. The van der Waals surface area contributed by atoms with Gasteiger partial charge in [0.15, 0.2) is 0 Å². The number of ether oxygens (including phenoxy) is 1. The first-order valence-electron chi connectivity index (χ1n) is 3.92. The summed E-state index contributed by atoms with van der Waals surface area (Å²) in [5.74, 6) is -0.990. The second kappa shape index (κ2) is 4.83. The van der Waals surface area contributed by atoms with Crippen LogP contribution < -0.4 is 0 Å². The van der Waals surface area contributed by atoms with Crippen LogP contribution in [0.5, 0.6) is 0 Å². The van der Waals surface area contributed by atoms with E-state index in [-0.39, 0.29) is 12.2 Å². The number of allylic oxidation sites excluding steroid dienone is 2. The molecule has 0 saturated carbocycles. The fourth-order valence-corrected chi connectivity index (χ4v) is 0.793. The summed E-state index contributed by atoms with van der Waals surface area (Å²) < 4.78 is 40.9.